The van der Waals surface area contributed by atoms with Gasteiger partial charge in [0.2, 0.25) is 0 Å². The summed E-state index contributed by atoms with van der Waals surface area (Å²) < 4.78 is 10.5. The van der Waals surface area contributed by atoms with Gasteiger partial charge < -0.3 is 9.47 Å². The molecule has 3 heteroatoms. The third-order valence-corrected chi connectivity index (χ3v) is 2.63. The Bertz CT molecular complexity index is 404. The number of rotatable bonds is 4. The van der Waals surface area contributed by atoms with E-state index >= 15 is 0 Å². The maximum absolute atomic E-state index is 11.5. The van der Waals surface area contributed by atoms with Crippen molar-refractivity contribution in [1.82, 2.24) is 0 Å². The second kappa shape index (κ2) is 5.89. The number of carbonyl (C=O) groups is 1. The second-order valence-corrected chi connectivity index (χ2v) is 5.29. The van der Waals surface area contributed by atoms with Crippen LogP contribution in [0.15, 0.2) is 24.3 Å². The van der Waals surface area contributed by atoms with Crippen molar-refractivity contribution in [2.45, 2.75) is 46.1 Å². The molecule has 1 rings (SSSR count). The van der Waals surface area contributed by atoms with Gasteiger partial charge in [-0.05, 0) is 37.0 Å². The molecule has 0 aliphatic rings. The average Bonchev–Trinajstić information content (AvgIpc) is 2.28. The van der Waals surface area contributed by atoms with Crippen LogP contribution in [0, 0.1) is 0 Å². The summed E-state index contributed by atoms with van der Waals surface area (Å²) in [6, 6.07) is 7.82. The van der Waals surface area contributed by atoms with E-state index in [1.54, 1.807) is 13.8 Å². The Hall–Kier alpha value is -1.51. The van der Waals surface area contributed by atoms with Crippen LogP contribution >= 0.6 is 0 Å². The van der Waals surface area contributed by atoms with Gasteiger partial charge in [-0.25, -0.2) is 4.79 Å². The Morgan fingerprint density at radius 2 is 2.00 bits per heavy atom. The van der Waals surface area contributed by atoms with E-state index in [0.717, 1.165) is 0 Å². The van der Waals surface area contributed by atoms with Crippen molar-refractivity contribution < 1.29 is 14.3 Å². The lowest BCUT2D eigenvalue weighted by atomic mass is 9.87. The molecule has 0 N–H and O–H groups in total. The predicted molar refractivity (Wildman–Crippen MR) is 71.9 cm³/mol. The lowest BCUT2D eigenvalue weighted by Gasteiger charge is -2.20. The van der Waals surface area contributed by atoms with Crippen LogP contribution in [0.2, 0.25) is 0 Å². The number of hydrogen-bond acceptors (Lipinski definition) is 3. The average molecular weight is 250 g/mol. The van der Waals surface area contributed by atoms with Crippen LogP contribution in [0.25, 0.3) is 0 Å². The second-order valence-electron chi connectivity index (χ2n) is 5.29. The van der Waals surface area contributed by atoms with E-state index < -0.39 is 6.10 Å². The Balaban J connectivity index is 2.76. The van der Waals surface area contributed by atoms with Crippen molar-refractivity contribution in [3.05, 3.63) is 29.8 Å². The Morgan fingerprint density at radius 1 is 1.33 bits per heavy atom. The Morgan fingerprint density at radius 3 is 2.56 bits per heavy atom. The highest BCUT2D eigenvalue weighted by atomic mass is 16.6. The molecular weight excluding hydrogens is 228 g/mol. The highest BCUT2D eigenvalue weighted by Crippen LogP contribution is 2.26. The third-order valence-electron chi connectivity index (χ3n) is 2.63. The molecule has 0 aromatic heterocycles. The lowest BCUT2D eigenvalue weighted by Crippen LogP contribution is -2.26. The quantitative estimate of drug-likeness (QED) is 0.769. The molecule has 0 bridgehead atoms. The van der Waals surface area contributed by atoms with Gasteiger partial charge in [0, 0.05) is 0 Å². The van der Waals surface area contributed by atoms with Crippen molar-refractivity contribution in [3.63, 3.8) is 0 Å². The number of carbonyl (C=O) groups excluding carboxylic acids is 1. The first-order valence-corrected chi connectivity index (χ1v) is 6.28. The summed E-state index contributed by atoms with van der Waals surface area (Å²) in [5, 5.41) is 0. The topological polar surface area (TPSA) is 35.5 Å². The Kier molecular flexibility index (Phi) is 4.76. The molecule has 0 fully saturated rings. The van der Waals surface area contributed by atoms with Crippen molar-refractivity contribution in [2.24, 2.45) is 0 Å². The van der Waals surface area contributed by atoms with Crippen molar-refractivity contribution >= 4 is 5.97 Å². The number of benzene rings is 1. The van der Waals surface area contributed by atoms with Gasteiger partial charge in [-0.3, -0.25) is 0 Å². The first-order valence-electron chi connectivity index (χ1n) is 6.28. The first-order chi connectivity index (χ1) is 8.34. The highest BCUT2D eigenvalue weighted by molar-refractivity contribution is 5.74. The van der Waals surface area contributed by atoms with Gasteiger partial charge in [-0.2, -0.15) is 0 Å². The molecule has 0 heterocycles. The van der Waals surface area contributed by atoms with Gasteiger partial charge >= 0.3 is 5.97 Å². The molecule has 0 saturated carbocycles. The minimum absolute atomic E-state index is 0.0620. The molecule has 3 nitrogen and oxygen atoms in total. The van der Waals surface area contributed by atoms with E-state index in [2.05, 4.69) is 26.8 Å². The number of esters is 1. The normalized spacial score (nSPS) is 12.9. The highest BCUT2D eigenvalue weighted by Gasteiger charge is 2.18. The summed E-state index contributed by atoms with van der Waals surface area (Å²) in [5.41, 5.74) is 1.24. The molecule has 1 unspecified atom stereocenters. The van der Waals surface area contributed by atoms with Gasteiger partial charge in [0.05, 0.1) is 6.61 Å². The monoisotopic (exact) mass is 250 g/mol. The molecule has 0 amide bonds. The van der Waals surface area contributed by atoms with E-state index in [9.17, 15) is 4.79 Å². The summed E-state index contributed by atoms with van der Waals surface area (Å²) >= 11 is 0. The molecule has 1 aromatic rings. The molecule has 1 aromatic carbocycles. The van der Waals surface area contributed by atoms with Crippen LogP contribution in [0.5, 0.6) is 5.75 Å². The number of hydrogen-bond donors (Lipinski definition) is 0. The van der Waals surface area contributed by atoms with Crippen LogP contribution in [-0.2, 0) is 14.9 Å². The van der Waals surface area contributed by atoms with Gasteiger partial charge in [0.25, 0.3) is 0 Å². The minimum atomic E-state index is -0.583. The molecule has 18 heavy (non-hydrogen) atoms. The van der Waals surface area contributed by atoms with Crippen molar-refractivity contribution in [3.8, 4) is 5.75 Å². The Labute approximate surface area is 109 Å². The molecular formula is C15H22O3. The van der Waals surface area contributed by atoms with Gasteiger partial charge in [0.15, 0.2) is 6.10 Å². The molecule has 0 spiro atoms. The van der Waals surface area contributed by atoms with Gasteiger partial charge in [-0.1, -0.05) is 32.9 Å². The summed E-state index contributed by atoms with van der Waals surface area (Å²) in [4.78, 5) is 11.5. The molecule has 1 atom stereocenters. The molecule has 0 aliphatic heterocycles. The molecule has 100 valence electrons. The zero-order valence-electron chi connectivity index (χ0n) is 11.8. The summed E-state index contributed by atoms with van der Waals surface area (Å²) in [6.45, 7) is 10.3. The standard InChI is InChI=1S/C15H22O3/c1-6-17-14(16)11(2)18-13-9-7-8-12(10-13)15(3,4)5/h7-11H,6H2,1-5H3. The van der Waals surface area contributed by atoms with Gasteiger partial charge in [0.1, 0.15) is 5.75 Å². The first kappa shape index (κ1) is 14.6. The SMILES string of the molecule is CCOC(=O)C(C)Oc1cccc(C(C)(C)C)c1. The summed E-state index contributed by atoms with van der Waals surface area (Å²) in [5.74, 6) is 0.363. The van der Waals surface area contributed by atoms with E-state index in [1.165, 1.54) is 5.56 Å². The van der Waals surface area contributed by atoms with Crippen LogP contribution < -0.4 is 4.74 Å². The molecule has 0 aliphatic carbocycles. The van der Waals surface area contributed by atoms with Crippen LogP contribution in [0.4, 0.5) is 0 Å². The van der Waals surface area contributed by atoms with Crippen molar-refractivity contribution in [1.29, 1.82) is 0 Å². The number of ether oxygens (including phenoxy) is 2. The molecule has 0 saturated heterocycles. The fourth-order valence-electron chi connectivity index (χ4n) is 1.55. The van der Waals surface area contributed by atoms with Crippen LogP contribution in [0.1, 0.15) is 40.2 Å². The largest absolute Gasteiger partial charge is 0.479 e. The fourth-order valence-corrected chi connectivity index (χ4v) is 1.55. The van der Waals surface area contributed by atoms with E-state index in [1.807, 2.05) is 18.2 Å². The maximum Gasteiger partial charge on any atom is 0.347 e. The van der Waals surface area contributed by atoms with E-state index in [4.69, 9.17) is 9.47 Å². The fraction of sp³-hybridized carbons (Fsp3) is 0.533. The van der Waals surface area contributed by atoms with Crippen LogP contribution in [-0.4, -0.2) is 18.7 Å². The van der Waals surface area contributed by atoms with Crippen LogP contribution in [0.3, 0.4) is 0 Å². The maximum atomic E-state index is 11.5. The summed E-state index contributed by atoms with van der Waals surface area (Å²) in [6.07, 6.45) is -0.583. The minimum Gasteiger partial charge on any atom is -0.479 e. The third kappa shape index (κ3) is 4.06. The predicted octanol–water partition coefficient (Wildman–Crippen LogP) is 3.31. The zero-order chi connectivity index (χ0) is 13.8. The van der Waals surface area contributed by atoms with Gasteiger partial charge in [-0.15, -0.1) is 0 Å². The van der Waals surface area contributed by atoms with E-state index in [-0.39, 0.29) is 11.4 Å². The smallest absolute Gasteiger partial charge is 0.347 e. The summed E-state index contributed by atoms with van der Waals surface area (Å²) in [7, 11) is 0. The van der Waals surface area contributed by atoms with Crippen molar-refractivity contribution in [2.75, 3.05) is 6.61 Å². The van der Waals surface area contributed by atoms with E-state index in [0.29, 0.717) is 12.4 Å². The molecule has 0 radical (unpaired) electrons. The zero-order valence-corrected chi connectivity index (χ0v) is 11.8. The lowest BCUT2D eigenvalue weighted by molar-refractivity contribution is -0.150.